The molecular weight excluding hydrogens is 212 g/mol. The fourth-order valence-corrected chi connectivity index (χ4v) is 1.91. The standard InChI is InChI=1S/C13H12N4/c14-8-11-5-7-17(16-11)13-3-1-2-10-9-15-6-4-12(10)13/h1-7,9H,8,14H2. The molecule has 3 aromatic rings. The van der Waals surface area contributed by atoms with E-state index >= 15 is 0 Å². The molecule has 0 aliphatic rings. The molecule has 0 saturated heterocycles. The number of nitrogens with zero attached hydrogens (tertiary/aromatic N) is 3. The third kappa shape index (κ3) is 1.68. The second kappa shape index (κ2) is 3.99. The molecule has 0 aliphatic heterocycles. The van der Waals surface area contributed by atoms with Gasteiger partial charge in [0.25, 0.3) is 0 Å². The molecule has 3 rings (SSSR count). The Morgan fingerprint density at radius 1 is 1.18 bits per heavy atom. The van der Waals surface area contributed by atoms with Crippen molar-refractivity contribution < 1.29 is 0 Å². The minimum absolute atomic E-state index is 0.458. The molecule has 4 nitrogen and oxygen atoms in total. The van der Waals surface area contributed by atoms with Crippen LogP contribution in [0.4, 0.5) is 0 Å². The highest BCUT2D eigenvalue weighted by molar-refractivity contribution is 5.89. The lowest BCUT2D eigenvalue weighted by Gasteiger charge is -2.05. The van der Waals surface area contributed by atoms with Crippen molar-refractivity contribution in [2.24, 2.45) is 5.73 Å². The first-order valence-electron chi connectivity index (χ1n) is 5.46. The molecule has 2 N–H and O–H groups in total. The summed E-state index contributed by atoms with van der Waals surface area (Å²) in [6.45, 7) is 0.458. The van der Waals surface area contributed by atoms with Crippen LogP contribution in [0.1, 0.15) is 5.69 Å². The van der Waals surface area contributed by atoms with Gasteiger partial charge in [0.1, 0.15) is 0 Å². The van der Waals surface area contributed by atoms with Crippen LogP contribution in [0, 0.1) is 0 Å². The number of hydrogen-bond acceptors (Lipinski definition) is 3. The maximum absolute atomic E-state index is 5.57. The van der Waals surface area contributed by atoms with Crippen molar-refractivity contribution in [2.75, 3.05) is 0 Å². The summed E-state index contributed by atoms with van der Waals surface area (Å²) in [4.78, 5) is 4.12. The fraction of sp³-hybridized carbons (Fsp3) is 0.0769. The first-order chi connectivity index (χ1) is 8.38. The van der Waals surface area contributed by atoms with E-state index in [4.69, 9.17) is 5.73 Å². The SMILES string of the molecule is NCc1ccn(-c2cccc3cnccc23)n1. The van der Waals surface area contributed by atoms with E-state index in [1.807, 2.05) is 47.4 Å². The Morgan fingerprint density at radius 3 is 2.94 bits per heavy atom. The topological polar surface area (TPSA) is 56.7 Å². The van der Waals surface area contributed by atoms with Gasteiger partial charge in [-0.3, -0.25) is 4.98 Å². The zero-order valence-corrected chi connectivity index (χ0v) is 9.24. The molecular formula is C13H12N4. The molecule has 0 bridgehead atoms. The van der Waals surface area contributed by atoms with Crippen LogP contribution in [0.5, 0.6) is 0 Å². The van der Waals surface area contributed by atoms with E-state index in [2.05, 4.69) is 10.1 Å². The van der Waals surface area contributed by atoms with Crippen LogP contribution in [0.25, 0.3) is 16.5 Å². The summed E-state index contributed by atoms with van der Waals surface area (Å²) in [5.41, 5.74) is 7.50. The zero-order valence-electron chi connectivity index (χ0n) is 9.24. The summed E-state index contributed by atoms with van der Waals surface area (Å²) in [6.07, 6.45) is 5.57. The molecule has 17 heavy (non-hydrogen) atoms. The summed E-state index contributed by atoms with van der Waals surface area (Å²) in [5, 5.41) is 6.66. The zero-order chi connectivity index (χ0) is 11.7. The van der Waals surface area contributed by atoms with Gasteiger partial charge in [-0.2, -0.15) is 5.10 Å². The van der Waals surface area contributed by atoms with Gasteiger partial charge in [0.15, 0.2) is 0 Å². The average molecular weight is 224 g/mol. The van der Waals surface area contributed by atoms with Crippen LogP contribution in [0.15, 0.2) is 48.9 Å². The Kier molecular flexibility index (Phi) is 2.34. The second-order valence-corrected chi connectivity index (χ2v) is 3.83. The molecule has 2 aromatic heterocycles. The fourth-order valence-electron chi connectivity index (χ4n) is 1.91. The van der Waals surface area contributed by atoms with E-state index in [0.29, 0.717) is 6.54 Å². The smallest absolute Gasteiger partial charge is 0.0764 e. The third-order valence-corrected chi connectivity index (χ3v) is 2.76. The number of nitrogens with two attached hydrogens (primary N) is 1. The van der Waals surface area contributed by atoms with Crippen LogP contribution in [-0.4, -0.2) is 14.8 Å². The predicted octanol–water partition coefficient (Wildman–Crippen LogP) is 1.88. The van der Waals surface area contributed by atoms with Crippen LogP contribution < -0.4 is 5.73 Å². The maximum atomic E-state index is 5.57. The van der Waals surface area contributed by atoms with Gasteiger partial charge in [0.05, 0.1) is 11.4 Å². The van der Waals surface area contributed by atoms with Crippen molar-refractivity contribution in [1.82, 2.24) is 14.8 Å². The van der Waals surface area contributed by atoms with Crippen molar-refractivity contribution in [1.29, 1.82) is 0 Å². The van der Waals surface area contributed by atoms with Gasteiger partial charge in [0, 0.05) is 35.9 Å². The van der Waals surface area contributed by atoms with Crippen molar-refractivity contribution in [2.45, 2.75) is 6.54 Å². The van der Waals surface area contributed by atoms with Crippen LogP contribution in [-0.2, 0) is 6.54 Å². The highest BCUT2D eigenvalue weighted by Crippen LogP contribution is 2.20. The van der Waals surface area contributed by atoms with Gasteiger partial charge in [-0.15, -0.1) is 0 Å². The Morgan fingerprint density at radius 2 is 2.12 bits per heavy atom. The van der Waals surface area contributed by atoms with Crippen molar-refractivity contribution in [3.05, 3.63) is 54.6 Å². The number of hydrogen-bond donors (Lipinski definition) is 1. The van der Waals surface area contributed by atoms with E-state index in [9.17, 15) is 0 Å². The van der Waals surface area contributed by atoms with Crippen LogP contribution in [0.3, 0.4) is 0 Å². The quantitative estimate of drug-likeness (QED) is 0.723. The number of aromatic nitrogens is 3. The minimum Gasteiger partial charge on any atom is -0.325 e. The highest BCUT2D eigenvalue weighted by atomic mass is 15.3. The van der Waals surface area contributed by atoms with Gasteiger partial charge >= 0.3 is 0 Å². The average Bonchev–Trinajstić information content (AvgIpc) is 2.87. The second-order valence-electron chi connectivity index (χ2n) is 3.83. The van der Waals surface area contributed by atoms with Gasteiger partial charge in [-0.05, 0) is 18.2 Å². The van der Waals surface area contributed by atoms with E-state index < -0.39 is 0 Å². The molecule has 0 atom stereocenters. The Hall–Kier alpha value is -2.20. The van der Waals surface area contributed by atoms with Gasteiger partial charge in [-0.25, -0.2) is 4.68 Å². The lowest BCUT2D eigenvalue weighted by Crippen LogP contribution is -2.00. The van der Waals surface area contributed by atoms with Crippen molar-refractivity contribution in [3.8, 4) is 5.69 Å². The summed E-state index contributed by atoms with van der Waals surface area (Å²) < 4.78 is 1.85. The first-order valence-corrected chi connectivity index (χ1v) is 5.46. The molecule has 84 valence electrons. The molecule has 0 amide bonds. The van der Waals surface area contributed by atoms with Crippen molar-refractivity contribution in [3.63, 3.8) is 0 Å². The molecule has 0 aliphatic carbocycles. The van der Waals surface area contributed by atoms with E-state index in [1.54, 1.807) is 6.20 Å². The summed E-state index contributed by atoms with van der Waals surface area (Å²) >= 11 is 0. The Bertz CT molecular complexity index is 652. The highest BCUT2D eigenvalue weighted by Gasteiger charge is 2.04. The number of fused-ring (bicyclic) bond motifs is 1. The minimum atomic E-state index is 0.458. The lowest BCUT2D eigenvalue weighted by molar-refractivity contribution is 0.838. The maximum Gasteiger partial charge on any atom is 0.0764 e. The molecule has 2 heterocycles. The number of benzene rings is 1. The summed E-state index contributed by atoms with van der Waals surface area (Å²) in [5.74, 6) is 0. The van der Waals surface area contributed by atoms with Crippen molar-refractivity contribution >= 4 is 10.8 Å². The number of rotatable bonds is 2. The first kappa shape index (κ1) is 9.99. The van der Waals surface area contributed by atoms with Crippen LogP contribution in [0.2, 0.25) is 0 Å². The van der Waals surface area contributed by atoms with E-state index in [-0.39, 0.29) is 0 Å². The van der Waals surface area contributed by atoms with Gasteiger partial charge < -0.3 is 5.73 Å². The molecule has 0 saturated carbocycles. The molecule has 0 fully saturated rings. The number of pyridine rings is 1. The molecule has 0 radical (unpaired) electrons. The van der Waals surface area contributed by atoms with E-state index in [1.165, 1.54) is 0 Å². The Labute approximate surface area is 98.7 Å². The lowest BCUT2D eigenvalue weighted by atomic mass is 10.1. The molecule has 1 aromatic carbocycles. The molecule has 4 heteroatoms. The molecule has 0 unspecified atom stereocenters. The third-order valence-electron chi connectivity index (χ3n) is 2.76. The molecule has 0 spiro atoms. The van der Waals surface area contributed by atoms with Crippen LogP contribution >= 0.6 is 0 Å². The van der Waals surface area contributed by atoms with Gasteiger partial charge in [0.2, 0.25) is 0 Å². The van der Waals surface area contributed by atoms with Gasteiger partial charge in [-0.1, -0.05) is 12.1 Å². The predicted molar refractivity (Wildman–Crippen MR) is 66.8 cm³/mol. The summed E-state index contributed by atoms with van der Waals surface area (Å²) in [7, 11) is 0. The van der Waals surface area contributed by atoms with E-state index in [0.717, 1.165) is 22.2 Å². The monoisotopic (exact) mass is 224 g/mol. The normalized spacial score (nSPS) is 10.9. The largest absolute Gasteiger partial charge is 0.325 e. The Balaban J connectivity index is 2.23. The summed E-state index contributed by atoms with van der Waals surface area (Å²) in [6, 6.07) is 10.0.